The third-order valence-corrected chi connectivity index (χ3v) is 3.92. The van der Waals surface area contributed by atoms with Crippen LogP contribution >= 0.6 is 0 Å². The Bertz CT molecular complexity index is 532. The normalized spacial score (nSPS) is 22.9. The van der Waals surface area contributed by atoms with Crippen LogP contribution in [0.4, 0.5) is 9.18 Å². The number of benzene rings is 1. The second-order valence-corrected chi connectivity index (χ2v) is 5.47. The van der Waals surface area contributed by atoms with E-state index in [2.05, 4.69) is 5.32 Å². The Hall–Kier alpha value is -2.11. The monoisotopic (exact) mass is 294 g/mol. The lowest BCUT2D eigenvalue weighted by Crippen LogP contribution is -2.48. The van der Waals surface area contributed by atoms with Crippen molar-refractivity contribution in [2.45, 2.75) is 32.4 Å². The first-order chi connectivity index (χ1) is 9.90. The molecule has 1 heterocycles. The first-order valence-electron chi connectivity index (χ1n) is 6.95. The van der Waals surface area contributed by atoms with Gasteiger partial charge in [-0.3, -0.25) is 0 Å². The van der Waals surface area contributed by atoms with Gasteiger partial charge in [-0.2, -0.15) is 0 Å². The Morgan fingerprint density at radius 1 is 1.38 bits per heavy atom. The number of carboxylic acid groups (broad SMARTS) is 1. The van der Waals surface area contributed by atoms with Crippen molar-refractivity contribution < 1.29 is 19.1 Å². The molecule has 3 unspecified atom stereocenters. The van der Waals surface area contributed by atoms with Crippen molar-refractivity contribution in [3.05, 3.63) is 35.6 Å². The highest BCUT2D eigenvalue weighted by Gasteiger charge is 2.39. The summed E-state index contributed by atoms with van der Waals surface area (Å²) in [6.45, 7) is 4.04. The second kappa shape index (κ2) is 6.11. The molecule has 2 N–H and O–H groups in total. The molecule has 21 heavy (non-hydrogen) atoms. The molecule has 1 aromatic rings. The number of halogens is 1. The minimum absolute atomic E-state index is 0.0608. The Morgan fingerprint density at radius 2 is 2.00 bits per heavy atom. The van der Waals surface area contributed by atoms with Gasteiger partial charge in [0.1, 0.15) is 11.9 Å². The number of nitrogens with one attached hydrogen (secondary N) is 1. The molecule has 1 saturated heterocycles. The number of rotatable bonds is 3. The number of carbonyl (C=O) groups is 2. The van der Waals surface area contributed by atoms with E-state index in [-0.39, 0.29) is 17.8 Å². The van der Waals surface area contributed by atoms with Gasteiger partial charge in [0.2, 0.25) is 0 Å². The zero-order valence-corrected chi connectivity index (χ0v) is 12.0. The van der Waals surface area contributed by atoms with Crippen LogP contribution in [0.2, 0.25) is 0 Å². The Labute approximate surface area is 122 Å². The van der Waals surface area contributed by atoms with Crippen LogP contribution in [0.5, 0.6) is 0 Å². The molecule has 2 rings (SSSR count). The average molecular weight is 294 g/mol. The number of hydrogen-bond donors (Lipinski definition) is 2. The molecule has 6 heteroatoms. The van der Waals surface area contributed by atoms with Gasteiger partial charge in [0, 0.05) is 6.54 Å². The number of aliphatic carboxylic acids is 1. The maximum atomic E-state index is 12.9. The summed E-state index contributed by atoms with van der Waals surface area (Å²) >= 11 is 0. The molecule has 0 spiro atoms. The number of likely N-dealkylation sites (tertiary alicyclic amines) is 1. The van der Waals surface area contributed by atoms with Crippen LogP contribution in [0.15, 0.2) is 24.3 Å². The van der Waals surface area contributed by atoms with Crippen LogP contribution in [0.3, 0.4) is 0 Å². The maximum absolute atomic E-state index is 12.9. The molecule has 1 aromatic carbocycles. The Balaban J connectivity index is 2.04. The number of nitrogens with zero attached hydrogens (tertiary/aromatic N) is 1. The smallest absolute Gasteiger partial charge is 0.326 e. The minimum Gasteiger partial charge on any atom is -0.480 e. The molecule has 2 amide bonds. The van der Waals surface area contributed by atoms with E-state index >= 15 is 0 Å². The molecule has 1 aliphatic rings. The van der Waals surface area contributed by atoms with Crippen LogP contribution in [0, 0.1) is 11.7 Å². The fourth-order valence-electron chi connectivity index (χ4n) is 2.65. The van der Waals surface area contributed by atoms with Crippen molar-refractivity contribution in [3.63, 3.8) is 0 Å². The Morgan fingerprint density at radius 3 is 2.57 bits per heavy atom. The van der Waals surface area contributed by atoms with E-state index in [4.69, 9.17) is 0 Å². The summed E-state index contributed by atoms with van der Waals surface area (Å²) in [6.07, 6.45) is 0.676. The minimum atomic E-state index is -0.982. The molecule has 0 radical (unpaired) electrons. The number of carbonyl (C=O) groups excluding carboxylic acids is 1. The third kappa shape index (κ3) is 3.32. The fourth-order valence-corrected chi connectivity index (χ4v) is 2.65. The molecule has 0 bridgehead atoms. The van der Waals surface area contributed by atoms with Gasteiger partial charge in [-0.25, -0.2) is 14.0 Å². The summed E-state index contributed by atoms with van der Waals surface area (Å²) in [6, 6.07) is 4.35. The SMILES string of the molecule is CC(NC(=O)N1CCC(C)C1C(=O)O)c1ccc(F)cc1. The van der Waals surface area contributed by atoms with Gasteiger partial charge < -0.3 is 15.3 Å². The number of hydrogen-bond acceptors (Lipinski definition) is 2. The molecule has 0 saturated carbocycles. The van der Waals surface area contributed by atoms with Crippen LogP contribution in [-0.4, -0.2) is 34.6 Å². The van der Waals surface area contributed by atoms with Crippen LogP contribution in [-0.2, 0) is 4.79 Å². The van der Waals surface area contributed by atoms with E-state index in [9.17, 15) is 19.1 Å². The molecule has 3 atom stereocenters. The standard InChI is InChI=1S/C15H19FN2O3/c1-9-7-8-18(13(9)14(19)20)15(21)17-10(2)11-3-5-12(16)6-4-11/h3-6,9-10,13H,7-8H2,1-2H3,(H,17,21)(H,19,20). The number of carboxylic acids is 1. The fraction of sp³-hybridized carbons (Fsp3) is 0.467. The molecule has 114 valence electrons. The third-order valence-electron chi connectivity index (χ3n) is 3.92. The highest BCUT2D eigenvalue weighted by molar-refractivity contribution is 5.83. The zero-order valence-electron chi connectivity index (χ0n) is 12.0. The van der Waals surface area contributed by atoms with Gasteiger partial charge in [-0.05, 0) is 37.0 Å². The average Bonchev–Trinajstić information content (AvgIpc) is 2.81. The van der Waals surface area contributed by atoms with E-state index < -0.39 is 18.0 Å². The summed E-state index contributed by atoms with van der Waals surface area (Å²) in [5.74, 6) is -1.38. The van der Waals surface area contributed by atoms with E-state index in [0.29, 0.717) is 13.0 Å². The van der Waals surface area contributed by atoms with Crippen LogP contribution in [0.1, 0.15) is 31.9 Å². The lowest BCUT2D eigenvalue weighted by atomic mass is 10.0. The Kier molecular flexibility index (Phi) is 4.45. The second-order valence-electron chi connectivity index (χ2n) is 5.47. The largest absolute Gasteiger partial charge is 0.480 e. The van der Waals surface area contributed by atoms with E-state index in [0.717, 1.165) is 5.56 Å². The summed E-state index contributed by atoms with van der Waals surface area (Å²) in [4.78, 5) is 24.8. The lowest BCUT2D eigenvalue weighted by Gasteiger charge is -2.25. The lowest BCUT2D eigenvalue weighted by molar-refractivity contribution is -0.142. The summed E-state index contributed by atoms with van der Waals surface area (Å²) in [7, 11) is 0. The number of urea groups is 1. The van der Waals surface area contributed by atoms with Crippen molar-refractivity contribution in [1.29, 1.82) is 0 Å². The van der Waals surface area contributed by atoms with Crippen molar-refractivity contribution >= 4 is 12.0 Å². The molecular formula is C15H19FN2O3. The zero-order chi connectivity index (χ0) is 15.6. The van der Waals surface area contributed by atoms with Crippen molar-refractivity contribution in [1.82, 2.24) is 10.2 Å². The first kappa shape index (κ1) is 15.3. The highest BCUT2D eigenvalue weighted by atomic mass is 19.1. The van der Waals surface area contributed by atoms with Gasteiger partial charge in [0.05, 0.1) is 6.04 Å². The molecular weight excluding hydrogens is 275 g/mol. The van der Waals surface area contributed by atoms with Crippen molar-refractivity contribution in [3.8, 4) is 0 Å². The summed E-state index contributed by atoms with van der Waals surface area (Å²) < 4.78 is 12.9. The molecule has 0 aliphatic carbocycles. The highest BCUT2D eigenvalue weighted by Crippen LogP contribution is 2.25. The van der Waals surface area contributed by atoms with Crippen molar-refractivity contribution in [2.75, 3.05) is 6.54 Å². The van der Waals surface area contributed by atoms with Crippen molar-refractivity contribution in [2.24, 2.45) is 5.92 Å². The number of amides is 2. The van der Waals surface area contributed by atoms with Crippen LogP contribution in [0.25, 0.3) is 0 Å². The summed E-state index contributed by atoms with van der Waals surface area (Å²) in [5.41, 5.74) is 0.767. The summed E-state index contributed by atoms with van der Waals surface area (Å²) in [5, 5.41) is 12.0. The molecule has 1 fully saturated rings. The van der Waals surface area contributed by atoms with E-state index in [1.54, 1.807) is 19.1 Å². The van der Waals surface area contributed by atoms with Gasteiger partial charge in [-0.1, -0.05) is 19.1 Å². The quantitative estimate of drug-likeness (QED) is 0.899. The molecule has 0 aromatic heterocycles. The molecule has 5 nitrogen and oxygen atoms in total. The molecule has 1 aliphatic heterocycles. The van der Waals surface area contributed by atoms with E-state index in [1.165, 1.54) is 17.0 Å². The predicted octanol–water partition coefficient (Wildman–Crippen LogP) is 2.39. The van der Waals surface area contributed by atoms with Gasteiger partial charge in [0.25, 0.3) is 0 Å². The maximum Gasteiger partial charge on any atom is 0.326 e. The van der Waals surface area contributed by atoms with Gasteiger partial charge in [-0.15, -0.1) is 0 Å². The predicted molar refractivity (Wildman–Crippen MR) is 75.3 cm³/mol. The van der Waals surface area contributed by atoms with E-state index in [1.807, 2.05) is 6.92 Å². The first-order valence-corrected chi connectivity index (χ1v) is 6.95. The van der Waals surface area contributed by atoms with Gasteiger partial charge >= 0.3 is 12.0 Å². The topological polar surface area (TPSA) is 69.6 Å². The van der Waals surface area contributed by atoms with Gasteiger partial charge in [0.15, 0.2) is 0 Å². The van der Waals surface area contributed by atoms with Crippen LogP contribution < -0.4 is 5.32 Å².